The predicted molar refractivity (Wildman–Crippen MR) is 147 cm³/mol. The molecule has 1 N–H and O–H groups in total. The van der Waals surface area contributed by atoms with E-state index in [1.807, 2.05) is 64.1 Å². The molecule has 0 saturated carbocycles. The fraction of sp³-hybridized carbons (Fsp3) is 0.310. The van der Waals surface area contributed by atoms with Gasteiger partial charge in [-0.15, -0.1) is 0 Å². The fourth-order valence-corrected chi connectivity index (χ4v) is 5.69. The normalized spacial score (nSPS) is 12.0. The van der Waals surface area contributed by atoms with Crippen LogP contribution >= 0.6 is 0 Å². The minimum absolute atomic E-state index is 0.0970. The monoisotopic (exact) mass is 521 g/mol. The second-order valence-corrected chi connectivity index (χ2v) is 11.0. The molecule has 3 aromatic rings. The Morgan fingerprint density at radius 2 is 1.54 bits per heavy atom. The Bertz CT molecular complexity index is 1340. The Hall–Kier alpha value is -3.65. The van der Waals surface area contributed by atoms with Crippen molar-refractivity contribution in [2.75, 3.05) is 17.9 Å². The Morgan fingerprint density at radius 3 is 2.14 bits per heavy atom. The maximum atomic E-state index is 13.9. The molecule has 0 saturated heterocycles. The van der Waals surface area contributed by atoms with Gasteiger partial charge in [-0.2, -0.15) is 0 Å². The molecule has 0 aromatic heterocycles. The van der Waals surface area contributed by atoms with Crippen LogP contribution in [-0.4, -0.2) is 44.8 Å². The standard InChI is InChI=1S/C29H35N3O4S/c1-6-26(29(34)30-5)31(19-24-12-8-7-9-13-24)28(33)20-32(27-14-10-11-22(3)23(27)4)37(35,36)25-17-15-21(2)16-18-25/h7-18,26H,6,19-20H2,1-5H3,(H,30,34)/t26-/m0/s1. The highest BCUT2D eigenvalue weighted by atomic mass is 32.2. The van der Waals surface area contributed by atoms with Crippen molar-refractivity contribution >= 4 is 27.5 Å². The number of aryl methyl sites for hydroxylation is 2. The first kappa shape index (κ1) is 27.9. The number of likely N-dealkylation sites (N-methyl/N-ethyl adjacent to an activating group) is 1. The molecule has 196 valence electrons. The lowest BCUT2D eigenvalue weighted by molar-refractivity contribution is -0.140. The molecule has 0 aliphatic heterocycles. The third-order valence-electron chi connectivity index (χ3n) is 6.56. The summed E-state index contributed by atoms with van der Waals surface area (Å²) in [6.45, 7) is 7.19. The smallest absolute Gasteiger partial charge is 0.264 e. The van der Waals surface area contributed by atoms with Gasteiger partial charge in [-0.1, -0.05) is 67.1 Å². The van der Waals surface area contributed by atoms with Crippen LogP contribution in [0.3, 0.4) is 0 Å². The number of nitrogens with zero attached hydrogens (tertiary/aromatic N) is 2. The van der Waals surface area contributed by atoms with Gasteiger partial charge >= 0.3 is 0 Å². The predicted octanol–water partition coefficient (Wildman–Crippen LogP) is 4.36. The Kier molecular flexibility index (Phi) is 9.10. The zero-order valence-corrected chi connectivity index (χ0v) is 22.9. The van der Waals surface area contributed by atoms with Crippen LogP contribution in [0.2, 0.25) is 0 Å². The van der Waals surface area contributed by atoms with Crippen LogP contribution in [0.5, 0.6) is 0 Å². The number of anilines is 1. The molecule has 3 aromatic carbocycles. The summed E-state index contributed by atoms with van der Waals surface area (Å²) in [7, 11) is -2.56. The SMILES string of the molecule is CC[C@@H](C(=O)NC)N(Cc1ccccc1)C(=O)CN(c1cccc(C)c1C)S(=O)(=O)c1ccc(C)cc1. The number of carbonyl (C=O) groups is 2. The summed E-state index contributed by atoms with van der Waals surface area (Å²) in [5.41, 5.74) is 3.88. The minimum Gasteiger partial charge on any atom is -0.357 e. The van der Waals surface area contributed by atoms with Gasteiger partial charge in [0.1, 0.15) is 12.6 Å². The summed E-state index contributed by atoms with van der Waals surface area (Å²) in [4.78, 5) is 28.2. The Morgan fingerprint density at radius 1 is 0.892 bits per heavy atom. The maximum absolute atomic E-state index is 13.9. The topological polar surface area (TPSA) is 86.8 Å². The van der Waals surface area contributed by atoms with Crippen LogP contribution in [-0.2, 0) is 26.2 Å². The Labute approximate surface area is 220 Å². The highest BCUT2D eigenvalue weighted by Crippen LogP contribution is 2.29. The second-order valence-electron chi connectivity index (χ2n) is 9.09. The van der Waals surface area contributed by atoms with Gasteiger partial charge in [-0.3, -0.25) is 13.9 Å². The molecule has 0 heterocycles. The lowest BCUT2D eigenvalue weighted by Crippen LogP contribution is -2.51. The van der Waals surface area contributed by atoms with Crippen LogP contribution in [0.15, 0.2) is 77.7 Å². The van der Waals surface area contributed by atoms with Gasteiger partial charge < -0.3 is 10.2 Å². The third kappa shape index (κ3) is 6.38. The van der Waals surface area contributed by atoms with Crippen LogP contribution in [0.25, 0.3) is 0 Å². The molecule has 1 atom stereocenters. The van der Waals surface area contributed by atoms with Crippen molar-refractivity contribution in [3.63, 3.8) is 0 Å². The van der Waals surface area contributed by atoms with Crippen molar-refractivity contribution < 1.29 is 18.0 Å². The summed E-state index contributed by atoms with van der Waals surface area (Å²) < 4.78 is 29.0. The first-order valence-electron chi connectivity index (χ1n) is 12.3. The van der Waals surface area contributed by atoms with Crippen LogP contribution in [0, 0.1) is 20.8 Å². The minimum atomic E-state index is -4.08. The van der Waals surface area contributed by atoms with Gasteiger partial charge in [0.05, 0.1) is 10.6 Å². The van der Waals surface area contributed by atoms with E-state index in [0.29, 0.717) is 12.1 Å². The number of hydrogen-bond acceptors (Lipinski definition) is 4. The first-order valence-corrected chi connectivity index (χ1v) is 13.7. The van der Waals surface area contributed by atoms with E-state index in [1.54, 1.807) is 36.4 Å². The number of benzene rings is 3. The molecule has 3 rings (SSSR count). The molecular weight excluding hydrogens is 486 g/mol. The molecule has 2 amide bonds. The number of sulfonamides is 1. The van der Waals surface area contributed by atoms with E-state index >= 15 is 0 Å². The highest BCUT2D eigenvalue weighted by Gasteiger charge is 2.34. The summed E-state index contributed by atoms with van der Waals surface area (Å²) in [6, 6.07) is 20.6. The molecule has 0 aliphatic rings. The summed E-state index contributed by atoms with van der Waals surface area (Å²) >= 11 is 0. The molecule has 7 nitrogen and oxygen atoms in total. The van der Waals surface area contributed by atoms with E-state index in [-0.39, 0.29) is 17.3 Å². The first-order chi connectivity index (χ1) is 17.6. The number of nitrogens with one attached hydrogen (secondary N) is 1. The van der Waals surface area contributed by atoms with E-state index in [1.165, 1.54) is 11.9 Å². The average Bonchev–Trinajstić information content (AvgIpc) is 2.89. The zero-order valence-electron chi connectivity index (χ0n) is 22.1. The van der Waals surface area contributed by atoms with E-state index in [4.69, 9.17) is 0 Å². The molecule has 0 unspecified atom stereocenters. The largest absolute Gasteiger partial charge is 0.357 e. The van der Waals surface area contributed by atoms with Crippen LogP contribution in [0.4, 0.5) is 5.69 Å². The number of carbonyl (C=O) groups excluding carboxylic acids is 2. The Balaban J connectivity index is 2.10. The number of amides is 2. The van der Waals surface area contributed by atoms with Crippen molar-refractivity contribution in [3.8, 4) is 0 Å². The third-order valence-corrected chi connectivity index (χ3v) is 8.33. The molecule has 37 heavy (non-hydrogen) atoms. The van der Waals surface area contributed by atoms with E-state index < -0.39 is 28.5 Å². The average molecular weight is 522 g/mol. The molecule has 0 spiro atoms. The highest BCUT2D eigenvalue weighted by molar-refractivity contribution is 7.92. The second kappa shape index (κ2) is 12.1. The maximum Gasteiger partial charge on any atom is 0.264 e. The molecule has 0 radical (unpaired) electrons. The van der Waals surface area contributed by atoms with Gasteiger partial charge in [0.25, 0.3) is 10.0 Å². The van der Waals surface area contributed by atoms with Crippen molar-refractivity contribution in [3.05, 3.63) is 95.1 Å². The number of rotatable bonds is 10. The van der Waals surface area contributed by atoms with Gasteiger partial charge in [0.2, 0.25) is 11.8 Å². The molecule has 8 heteroatoms. The fourth-order valence-electron chi connectivity index (χ4n) is 4.22. The quantitative estimate of drug-likeness (QED) is 0.430. The summed E-state index contributed by atoms with van der Waals surface area (Å²) in [6.07, 6.45) is 0.381. The van der Waals surface area contributed by atoms with Crippen molar-refractivity contribution in [2.45, 2.75) is 51.6 Å². The van der Waals surface area contributed by atoms with E-state index in [2.05, 4.69) is 5.32 Å². The van der Waals surface area contributed by atoms with Crippen LogP contribution < -0.4 is 9.62 Å². The van der Waals surface area contributed by atoms with Gasteiger partial charge in [-0.05, 0) is 62.1 Å². The van der Waals surface area contributed by atoms with Crippen LogP contribution in [0.1, 0.15) is 35.6 Å². The lowest BCUT2D eigenvalue weighted by atomic mass is 10.1. The molecule has 0 fully saturated rings. The number of hydrogen-bond donors (Lipinski definition) is 1. The molecule has 0 aliphatic carbocycles. The van der Waals surface area contributed by atoms with Crippen molar-refractivity contribution in [2.24, 2.45) is 0 Å². The lowest BCUT2D eigenvalue weighted by Gasteiger charge is -2.33. The molecular formula is C29H35N3O4S. The van der Waals surface area contributed by atoms with Gasteiger partial charge in [-0.25, -0.2) is 8.42 Å². The molecule has 0 bridgehead atoms. The van der Waals surface area contributed by atoms with E-state index in [0.717, 1.165) is 26.6 Å². The van der Waals surface area contributed by atoms with Gasteiger partial charge in [0.15, 0.2) is 0 Å². The zero-order chi connectivity index (χ0) is 27.2. The van der Waals surface area contributed by atoms with Crippen molar-refractivity contribution in [1.82, 2.24) is 10.2 Å². The van der Waals surface area contributed by atoms with Gasteiger partial charge in [0, 0.05) is 13.6 Å². The summed E-state index contributed by atoms with van der Waals surface area (Å²) in [5, 5.41) is 2.64. The summed E-state index contributed by atoms with van der Waals surface area (Å²) in [5.74, 6) is -0.762. The van der Waals surface area contributed by atoms with E-state index in [9.17, 15) is 18.0 Å². The van der Waals surface area contributed by atoms with Crippen molar-refractivity contribution in [1.29, 1.82) is 0 Å².